The fourth-order valence-corrected chi connectivity index (χ4v) is 2.81. The third-order valence-electron chi connectivity index (χ3n) is 4.61. The Morgan fingerprint density at radius 2 is 1.61 bits per heavy atom. The van der Waals surface area contributed by atoms with Gasteiger partial charge in [0, 0.05) is 16.8 Å². The van der Waals surface area contributed by atoms with Crippen molar-refractivity contribution in [1.82, 2.24) is 9.78 Å². The summed E-state index contributed by atoms with van der Waals surface area (Å²) in [7, 11) is 1.33. The number of methoxy groups -OCH3 is 1. The van der Waals surface area contributed by atoms with Crippen molar-refractivity contribution < 1.29 is 27.5 Å². The molecule has 0 aliphatic carbocycles. The van der Waals surface area contributed by atoms with E-state index in [0.29, 0.717) is 11.4 Å². The summed E-state index contributed by atoms with van der Waals surface area (Å²) in [6, 6.07) is 11.1. The SMILES string of the molecule is COc1cn(-c2cccc(C(F)(F)F)c2)nc1C(=O)Nc1cccc(NC(=O)C(C)(C)C)c1. The first kappa shape index (κ1) is 23.8. The van der Waals surface area contributed by atoms with Crippen molar-refractivity contribution in [2.24, 2.45) is 5.41 Å². The van der Waals surface area contributed by atoms with Gasteiger partial charge in [0.25, 0.3) is 5.91 Å². The average molecular weight is 460 g/mol. The Labute approximate surface area is 188 Å². The van der Waals surface area contributed by atoms with Gasteiger partial charge in [-0.1, -0.05) is 32.9 Å². The van der Waals surface area contributed by atoms with E-state index in [4.69, 9.17) is 4.74 Å². The number of nitrogens with one attached hydrogen (secondary N) is 2. The fraction of sp³-hybridized carbons (Fsp3) is 0.261. The second-order valence-corrected chi connectivity index (χ2v) is 8.28. The van der Waals surface area contributed by atoms with Gasteiger partial charge in [-0.15, -0.1) is 0 Å². The zero-order valence-electron chi connectivity index (χ0n) is 18.4. The maximum atomic E-state index is 13.0. The van der Waals surface area contributed by atoms with Gasteiger partial charge in [0.1, 0.15) is 0 Å². The summed E-state index contributed by atoms with van der Waals surface area (Å²) in [5.41, 5.74) is -0.540. The summed E-state index contributed by atoms with van der Waals surface area (Å²) in [6.07, 6.45) is -3.19. The van der Waals surface area contributed by atoms with Crippen LogP contribution in [0.5, 0.6) is 5.75 Å². The number of hydrogen-bond acceptors (Lipinski definition) is 4. The van der Waals surface area contributed by atoms with E-state index < -0.39 is 23.1 Å². The average Bonchev–Trinajstić information content (AvgIpc) is 3.17. The Bertz CT molecular complexity index is 1180. The van der Waals surface area contributed by atoms with Crippen molar-refractivity contribution in [3.63, 3.8) is 0 Å². The van der Waals surface area contributed by atoms with Gasteiger partial charge in [-0.05, 0) is 36.4 Å². The molecule has 0 atom stereocenters. The molecule has 174 valence electrons. The fourth-order valence-electron chi connectivity index (χ4n) is 2.81. The maximum absolute atomic E-state index is 13.0. The first-order valence-electron chi connectivity index (χ1n) is 9.92. The lowest BCUT2D eigenvalue weighted by atomic mass is 9.95. The number of amides is 2. The number of nitrogens with zero attached hydrogens (tertiary/aromatic N) is 2. The van der Waals surface area contributed by atoms with Crippen molar-refractivity contribution in [1.29, 1.82) is 0 Å². The Kier molecular flexibility index (Phi) is 6.48. The van der Waals surface area contributed by atoms with Gasteiger partial charge in [0.05, 0.1) is 24.6 Å². The van der Waals surface area contributed by atoms with Crippen LogP contribution >= 0.6 is 0 Å². The lowest BCUT2D eigenvalue weighted by molar-refractivity contribution is -0.137. The number of alkyl halides is 3. The number of anilines is 2. The number of rotatable bonds is 5. The quantitative estimate of drug-likeness (QED) is 0.552. The van der Waals surface area contributed by atoms with Crippen LogP contribution in [0.25, 0.3) is 5.69 Å². The summed E-state index contributed by atoms with van der Waals surface area (Å²) in [5.74, 6) is -0.730. The highest BCUT2D eigenvalue weighted by molar-refractivity contribution is 6.05. The van der Waals surface area contributed by atoms with Gasteiger partial charge in [0.15, 0.2) is 11.4 Å². The summed E-state index contributed by atoms with van der Waals surface area (Å²) in [5, 5.41) is 9.55. The van der Waals surface area contributed by atoms with Crippen molar-refractivity contribution in [3.05, 3.63) is 66.0 Å². The van der Waals surface area contributed by atoms with Crippen molar-refractivity contribution >= 4 is 23.2 Å². The van der Waals surface area contributed by atoms with Crippen LogP contribution in [0.1, 0.15) is 36.8 Å². The number of halogens is 3. The summed E-state index contributed by atoms with van der Waals surface area (Å²) >= 11 is 0. The minimum Gasteiger partial charge on any atom is -0.493 e. The molecule has 0 fully saturated rings. The third-order valence-corrected chi connectivity index (χ3v) is 4.61. The molecule has 2 aromatic carbocycles. The molecule has 33 heavy (non-hydrogen) atoms. The molecule has 0 unspecified atom stereocenters. The normalized spacial score (nSPS) is 11.7. The third kappa shape index (κ3) is 5.71. The molecule has 3 rings (SSSR count). The van der Waals surface area contributed by atoms with Crippen molar-refractivity contribution in [2.45, 2.75) is 26.9 Å². The van der Waals surface area contributed by atoms with Gasteiger partial charge < -0.3 is 15.4 Å². The molecule has 1 aromatic heterocycles. The highest BCUT2D eigenvalue weighted by Crippen LogP contribution is 2.31. The highest BCUT2D eigenvalue weighted by atomic mass is 19.4. The monoisotopic (exact) mass is 460 g/mol. The lowest BCUT2D eigenvalue weighted by Crippen LogP contribution is -2.27. The molecule has 2 N–H and O–H groups in total. The van der Waals surface area contributed by atoms with Crippen molar-refractivity contribution in [2.75, 3.05) is 17.7 Å². The molecule has 0 spiro atoms. The van der Waals surface area contributed by atoms with Gasteiger partial charge in [-0.3, -0.25) is 9.59 Å². The van der Waals surface area contributed by atoms with Gasteiger partial charge in [-0.25, -0.2) is 4.68 Å². The lowest BCUT2D eigenvalue weighted by Gasteiger charge is -2.18. The topological polar surface area (TPSA) is 85.2 Å². The van der Waals surface area contributed by atoms with E-state index >= 15 is 0 Å². The Balaban J connectivity index is 1.84. The Morgan fingerprint density at radius 1 is 0.970 bits per heavy atom. The molecule has 3 aromatic rings. The zero-order valence-corrected chi connectivity index (χ0v) is 18.4. The Hall–Kier alpha value is -3.82. The number of carbonyl (C=O) groups is 2. The number of aromatic nitrogens is 2. The summed E-state index contributed by atoms with van der Waals surface area (Å²) < 4.78 is 45.4. The van der Waals surface area contributed by atoms with Crippen LogP contribution in [0.15, 0.2) is 54.7 Å². The maximum Gasteiger partial charge on any atom is 0.416 e. The van der Waals surface area contributed by atoms with Gasteiger partial charge in [-0.2, -0.15) is 18.3 Å². The molecule has 7 nitrogen and oxygen atoms in total. The van der Waals surface area contributed by atoms with E-state index in [1.807, 2.05) is 0 Å². The predicted octanol–water partition coefficient (Wildman–Crippen LogP) is 5.14. The largest absolute Gasteiger partial charge is 0.493 e. The second-order valence-electron chi connectivity index (χ2n) is 8.28. The first-order chi connectivity index (χ1) is 15.4. The molecule has 10 heteroatoms. The first-order valence-corrected chi connectivity index (χ1v) is 9.92. The number of hydrogen-bond donors (Lipinski definition) is 2. The molecule has 0 saturated carbocycles. The predicted molar refractivity (Wildman–Crippen MR) is 118 cm³/mol. The van der Waals surface area contributed by atoms with Crippen LogP contribution in [-0.2, 0) is 11.0 Å². The van der Waals surface area contributed by atoms with E-state index in [9.17, 15) is 22.8 Å². The molecule has 1 heterocycles. The van der Waals surface area contributed by atoms with Crippen LogP contribution < -0.4 is 15.4 Å². The standard InChI is InChI=1S/C23H23F3N4O3/c1-22(2,3)21(32)28-16-9-6-8-15(12-16)27-20(31)19-18(33-4)13-30(29-19)17-10-5-7-14(11-17)23(24,25)26/h5-13H,1-4H3,(H,27,31)(H,28,32). The molecule has 0 aliphatic heterocycles. The minimum atomic E-state index is -4.51. The van der Waals surface area contributed by atoms with Gasteiger partial charge >= 0.3 is 6.18 Å². The summed E-state index contributed by atoms with van der Waals surface area (Å²) in [4.78, 5) is 25.0. The van der Waals surface area contributed by atoms with Crippen molar-refractivity contribution in [3.8, 4) is 11.4 Å². The summed E-state index contributed by atoms with van der Waals surface area (Å²) in [6.45, 7) is 5.34. The molecule has 0 radical (unpaired) electrons. The molecule has 0 aliphatic rings. The van der Waals surface area contributed by atoms with Crippen LogP contribution in [0.4, 0.5) is 24.5 Å². The van der Waals surface area contributed by atoms with E-state index in [2.05, 4.69) is 15.7 Å². The van der Waals surface area contributed by atoms with E-state index in [1.54, 1.807) is 45.0 Å². The highest BCUT2D eigenvalue weighted by Gasteiger charge is 2.31. The smallest absolute Gasteiger partial charge is 0.416 e. The zero-order chi connectivity index (χ0) is 24.4. The van der Waals surface area contributed by atoms with E-state index in [-0.39, 0.29) is 23.0 Å². The number of benzene rings is 2. The molecule has 0 saturated heterocycles. The van der Waals surface area contributed by atoms with E-state index in [0.717, 1.165) is 16.8 Å². The molecular weight excluding hydrogens is 437 g/mol. The van der Waals surface area contributed by atoms with E-state index in [1.165, 1.54) is 25.4 Å². The van der Waals surface area contributed by atoms with Gasteiger partial charge in [0.2, 0.25) is 5.91 Å². The van der Waals surface area contributed by atoms with Crippen LogP contribution in [-0.4, -0.2) is 28.7 Å². The molecular formula is C23H23F3N4O3. The number of carbonyl (C=O) groups excluding carboxylic acids is 2. The van der Waals surface area contributed by atoms with Crippen LogP contribution in [0.3, 0.4) is 0 Å². The van der Waals surface area contributed by atoms with Crippen LogP contribution in [0.2, 0.25) is 0 Å². The van der Waals surface area contributed by atoms with Crippen LogP contribution in [0, 0.1) is 5.41 Å². The minimum absolute atomic E-state index is 0.0853. The molecule has 2 amide bonds. The second kappa shape index (κ2) is 8.97. The Morgan fingerprint density at radius 3 is 2.21 bits per heavy atom. The number of ether oxygens (including phenoxy) is 1. The molecule has 0 bridgehead atoms.